The number of rotatable bonds is 1. The van der Waals surface area contributed by atoms with Gasteiger partial charge >= 0.3 is 0 Å². The molecule has 1 spiro atoms. The van der Waals surface area contributed by atoms with Crippen LogP contribution < -0.4 is 9.47 Å². The normalized spacial score (nSPS) is 21.1. The summed E-state index contributed by atoms with van der Waals surface area (Å²) in [4.78, 5) is 0. The van der Waals surface area contributed by atoms with Crippen molar-refractivity contribution < 1.29 is 14.6 Å². The van der Waals surface area contributed by atoms with Gasteiger partial charge in [0.05, 0.1) is 18.8 Å². The quantitative estimate of drug-likeness (QED) is 0.811. The molecule has 92 valence electrons. The molecule has 1 N–H and O–H groups in total. The fourth-order valence-corrected chi connectivity index (χ4v) is 2.09. The average molecular weight is 234 g/mol. The van der Waals surface area contributed by atoms with Gasteiger partial charge in [0.25, 0.3) is 0 Å². The van der Waals surface area contributed by atoms with Gasteiger partial charge in [-0.2, -0.15) is 0 Å². The highest BCUT2D eigenvalue weighted by Crippen LogP contribution is 2.49. The summed E-state index contributed by atoms with van der Waals surface area (Å²) in [5.41, 5.74) is 0.266. The summed E-state index contributed by atoms with van der Waals surface area (Å²) in [5.74, 6) is 1.55. The summed E-state index contributed by atoms with van der Waals surface area (Å²) in [5, 5.41) is 9.98. The first-order valence-corrected chi connectivity index (χ1v) is 6.11. The van der Waals surface area contributed by atoms with Crippen LogP contribution in [0.1, 0.15) is 32.3 Å². The fourth-order valence-electron chi connectivity index (χ4n) is 2.09. The molecule has 1 aliphatic heterocycles. The Morgan fingerprint density at radius 2 is 1.76 bits per heavy atom. The lowest BCUT2D eigenvalue weighted by atomic mass is 9.98. The van der Waals surface area contributed by atoms with Gasteiger partial charge in [-0.1, -0.05) is 6.07 Å². The molecule has 1 aromatic rings. The highest BCUT2D eigenvalue weighted by Gasteiger charge is 2.46. The van der Waals surface area contributed by atoms with Crippen molar-refractivity contribution in [3.63, 3.8) is 0 Å². The molecule has 1 aliphatic carbocycles. The molecule has 0 saturated heterocycles. The zero-order chi connectivity index (χ0) is 12.1. The third kappa shape index (κ3) is 2.00. The second-order valence-corrected chi connectivity index (χ2v) is 5.80. The van der Waals surface area contributed by atoms with Gasteiger partial charge in [0.1, 0.15) is 0 Å². The zero-order valence-electron chi connectivity index (χ0n) is 10.3. The molecule has 3 nitrogen and oxygen atoms in total. The lowest BCUT2D eigenvalue weighted by Gasteiger charge is -2.19. The maximum Gasteiger partial charge on any atom is 0.161 e. The van der Waals surface area contributed by atoms with Crippen molar-refractivity contribution in [1.29, 1.82) is 0 Å². The van der Waals surface area contributed by atoms with Gasteiger partial charge in [-0.15, -0.1) is 0 Å². The maximum absolute atomic E-state index is 9.98. The predicted octanol–water partition coefficient (Wildman–Crippen LogP) is 2.47. The largest absolute Gasteiger partial charge is 0.489 e. The van der Waals surface area contributed by atoms with Crippen molar-refractivity contribution in [3.05, 3.63) is 23.8 Å². The Bertz CT molecular complexity index is 441. The van der Waals surface area contributed by atoms with E-state index in [1.807, 2.05) is 18.2 Å². The molecule has 0 radical (unpaired) electrons. The molecule has 1 heterocycles. The first-order valence-electron chi connectivity index (χ1n) is 6.11. The molecular weight excluding hydrogens is 216 g/mol. The number of benzene rings is 1. The summed E-state index contributed by atoms with van der Waals surface area (Å²) in [6.07, 6.45) is 2.39. The van der Waals surface area contributed by atoms with Gasteiger partial charge in [0, 0.05) is 5.41 Å². The van der Waals surface area contributed by atoms with E-state index in [0.29, 0.717) is 0 Å². The smallest absolute Gasteiger partial charge is 0.161 e. The molecule has 0 unspecified atom stereocenters. The first-order chi connectivity index (χ1) is 7.99. The van der Waals surface area contributed by atoms with E-state index >= 15 is 0 Å². The van der Waals surface area contributed by atoms with Crippen LogP contribution in [0.3, 0.4) is 0 Å². The van der Waals surface area contributed by atoms with E-state index in [-0.39, 0.29) is 5.41 Å². The van der Waals surface area contributed by atoms with E-state index < -0.39 is 5.60 Å². The average Bonchev–Trinajstić information content (AvgIpc) is 3.06. The van der Waals surface area contributed by atoms with Crippen molar-refractivity contribution in [2.75, 3.05) is 13.2 Å². The van der Waals surface area contributed by atoms with Crippen LogP contribution in [0.15, 0.2) is 18.2 Å². The molecule has 0 bridgehead atoms. The minimum atomic E-state index is -0.845. The number of ether oxygens (including phenoxy) is 2. The molecule has 3 rings (SSSR count). The standard InChI is InChI=1S/C14H18O3/c1-13(2,15)10-3-4-11-12(7-10)17-9-14(5-6-14)8-16-11/h3-4,7,15H,5-6,8-9H2,1-2H3. The third-order valence-electron chi connectivity index (χ3n) is 3.67. The van der Waals surface area contributed by atoms with Crippen LogP contribution in [0.5, 0.6) is 11.5 Å². The van der Waals surface area contributed by atoms with E-state index in [0.717, 1.165) is 30.3 Å². The number of fused-ring (bicyclic) bond motifs is 1. The molecule has 2 aliphatic rings. The topological polar surface area (TPSA) is 38.7 Å². The van der Waals surface area contributed by atoms with Crippen molar-refractivity contribution >= 4 is 0 Å². The molecule has 3 heteroatoms. The van der Waals surface area contributed by atoms with Crippen LogP contribution in [-0.4, -0.2) is 18.3 Å². The lowest BCUT2D eigenvalue weighted by molar-refractivity contribution is 0.0782. The molecule has 1 aromatic carbocycles. The molecule has 1 saturated carbocycles. The molecular formula is C14H18O3. The SMILES string of the molecule is CC(C)(O)c1ccc2c(c1)OCC1(CC1)CO2. The van der Waals surface area contributed by atoms with Gasteiger partial charge < -0.3 is 14.6 Å². The van der Waals surface area contributed by atoms with Crippen molar-refractivity contribution in [1.82, 2.24) is 0 Å². The van der Waals surface area contributed by atoms with Crippen LogP contribution in [0.2, 0.25) is 0 Å². The molecule has 0 amide bonds. The number of aliphatic hydroxyl groups is 1. The molecule has 17 heavy (non-hydrogen) atoms. The van der Waals surface area contributed by atoms with Crippen LogP contribution in [0.4, 0.5) is 0 Å². The van der Waals surface area contributed by atoms with Crippen molar-refractivity contribution in [2.24, 2.45) is 5.41 Å². The lowest BCUT2D eigenvalue weighted by Crippen LogP contribution is -2.17. The summed E-state index contributed by atoms with van der Waals surface area (Å²) in [6, 6.07) is 5.67. The maximum atomic E-state index is 9.98. The Hall–Kier alpha value is -1.22. The van der Waals surface area contributed by atoms with Crippen LogP contribution in [0, 0.1) is 5.41 Å². The van der Waals surface area contributed by atoms with Crippen LogP contribution >= 0.6 is 0 Å². The second kappa shape index (κ2) is 3.39. The van der Waals surface area contributed by atoms with E-state index in [1.165, 1.54) is 12.8 Å². The molecule has 1 fully saturated rings. The van der Waals surface area contributed by atoms with Crippen molar-refractivity contribution in [3.8, 4) is 11.5 Å². The Labute approximate surface area is 101 Å². The summed E-state index contributed by atoms with van der Waals surface area (Å²) in [6.45, 7) is 5.03. The van der Waals surface area contributed by atoms with Gasteiger partial charge in [-0.05, 0) is 44.4 Å². The van der Waals surface area contributed by atoms with Gasteiger partial charge in [-0.3, -0.25) is 0 Å². The van der Waals surface area contributed by atoms with Gasteiger partial charge in [0.2, 0.25) is 0 Å². The minimum Gasteiger partial charge on any atom is -0.489 e. The second-order valence-electron chi connectivity index (χ2n) is 5.80. The first kappa shape index (κ1) is 10.9. The number of hydrogen-bond donors (Lipinski definition) is 1. The molecule has 0 atom stereocenters. The van der Waals surface area contributed by atoms with E-state index in [4.69, 9.17) is 9.47 Å². The Morgan fingerprint density at radius 1 is 1.12 bits per heavy atom. The molecule has 0 aromatic heterocycles. The predicted molar refractivity (Wildman–Crippen MR) is 64.3 cm³/mol. The van der Waals surface area contributed by atoms with Gasteiger partial charge in [0.15, 0.2) is 11.5 Å². The van der Waals surface area contributed by atoms with Crippen molar-refractivity contribution in [2.45, 2.75) is 32.3 Å². The monoisotopic (exact) mass is 234 g/mol. The fraction of sp³-hybridized carbons (Fsp3) is 0.571. The summed E-state index contributed by atoms with van der Waals surface area (Å²) in [7, 11) is 0. The van der Waals surface area contributed by atoms with Crippen LogP contribution in [-0.2, 0) is 5.60 Å². The Morgan fingerprint density at radius 3 is 2.35 bits per heavy atom. The van der Waals surface area contributed by atoms with E-state index in [1.54, 1.807) is 13.8 Å². The van der Waals surface area contributed by atoms with Crippen LogP contribution in [0.25, 0.3) is 0 Å². The zero-order valence-corrected chi connectivity index (χ0v) is 10.3. The third-order valence-corrected chi connectivity index (χ3v) is 3.67. The van der Waals surface area contributed by atoms with E-state index in [2.05, 4.69) is 0 Å². The minimum absolute atomic E-state index is 0.258. The highest BCUT2D eigenvalue weighted by molar-refractivity contribution is 5.45. The Balaban J connectivity index is 1.91. The number of hydrogen-bond acceptors (Lipinski definition) is 3. The van der Waals surface area contributed by atoms with E-state index in [9.17, 15) is 5.11 Å². The Kier molecular flexibility index (Phi) is 2.17. The van der Waals surface area contributed by atoms with Gasteiger partial charge in [-0.25, -0.2) is 0 Å². The highest BCUT2D eigenvalue weighted by atomic mass is 16.5. The summed E-state index contributed by atoms with van der Waals surface area (Å²) < 4.78 is 11.6. The summed E-state index contributed by atoms with van der Waals surface area (Å²) >= 11 is 0.